The van der Waals surface area contributed by atoms with E-state index < -0.39 is 0 Å². The molecule has 0 radical (unpaired) electrons. The molecule has 0 aromatic heterocycles. The molecule has 2 heterocycles. The van der Waals surface area contributed by atoms with Crippen LogP contribution in [0.1, 0.15) is 6.92 Å². The predicted molar refractivity (Wildman–Crippen MR) is 79.5 cm³/mol. The maximum atomic E-state index is 12.4. The Hall–Kier alpha value is -0.890. The maximum absolute atomic E-state index is 12.4. The monoisotopic (exact) mass is 321 g/mol. The summed E-state index contributed by atoms with van der Waals surface area (Å²) >= 11 is 0. The van der Waals surface area contributed by atoms with Crippen LogP contribution in [0.15, 0.2) is 0 Å². The van der Waals surface area contributed by atoms with Crippen LogP contribution in [-0.4, -0.2) is 86.8 Å². The van der Waals surface area contributed by atoms with Crippen LogP contribution < -0.4 is 5.32 Å². The number of methoxy groups -OCH3 is 1. The standard InChI is InChI=1S/C13H23N3O4.ClH/c1-10-12(14-3-8-20-10)13(18)16-6-4-15(5-7-16)11(17)9-19-2;/h10,12,14H,3-9H2,1-2H3;1H/t10-,12+;/m1./s1. The van der Waals surface area contributed by atoms with Crippen molar-refractivity contribution < 1.29 is 19.1 Å². The summed E-state index contributed by atoms with van der Waals surface area (Å²) < 4.78 is 10.3. The number of amides is 2. The minimum atomic E-state index is -0.273. The van der Waals surface area contributed by atoms with Gasteiger partial charge in [0, 0.05) is 39.8 Å². The minimum absolute atomic E-state index is 0. The number of hydrogen-bond donors (Lipinski definition) is 1. The Morgan fingerprint density at radius 2 is 1.86 bits per heavy atom. The van der Waals surface area contributed by atoms with Gasteiger partial charge >= 0.3 is 0 Å². The highest BCUT2D eigenvalue weighted by Crippen LogP contribution is 2.10. The molecule has 0 unspecified atom stereocenters. The van der Waals surface area contributed by atoms with Gasteiger partial charge in [-0.05, 0) is 6.92 Å². The number of carbonyl (C=O) groups is 2. The predicted octanol–water partition coefficient (Wildman–Crippen LogP) is -0.898. The smallest absolute Gasteiger partial charge is 0.248 e. The van der Waals surface area contributed by atoms with Gasteiger partial charge in [0.15, 0.2) is 0 Å². The maximum Gasteiger partial charge on any atom is 0.248 e. The summed E-state index contributed by atoms with van der Waals surface area (Å²) in [6.07, 6.45) is -0.107. The van der Waals surface area contributed by atoms with Crippen LogP contribution in [0, 0.1) is 0 Å². The van der Waals surface area contributed by atoms with E-state index >= 15 is 0 Å². The lowest BCUT2D eigenvalue weighted by Crippen LogP contribution is -2.60. The van der Waals surface area contributed by atoms with Crippen molar-refractivity contribution in [1.82, 2.24) is 15.1 Å². The molecule has 0 saturated carbocycles. The molecule has 2 fully saturated rings. The van der Waals surface area contributed by atoms with E-state index in [9.17, 15) is 9.59 Å². The SMILES string of the molecule is COCC(=O)N1CCN(C(=O)[C@H]2NCCO[C@@H]2C)CC1.Cl. The van der Waals surface area contributed by atoms with Gasteiger partial charge in [0.1, 0.15) is 12.6 Å². The topological polar surface area (TPSA) is 71.1 Å². The van der Waals surface area contributed by atoms with E-state index in [1.165, 1.54) is 7.11 Å². The van der Waals surface area contributed by atoms with Crippen molar-refractivity contribution in [3.05, 3.63) is 0 Å². The average molecular weight is 322 g/mol. The Morgan fingerprint density at radius 3 is 2.43 bits per heavy atom. The summed E-state index contributed by atoms with van der Waals surface area (Å²) in [5.74, 6) is 0.0446. The van der Waals surface area contributed by atoms with E-state index in [0.717, 1.165) is 0 Å². The molecule has 2 saturated heterocycles. The van der Waals surface area contributed by atoms with Crippen LogP contribution in [-0.2, 0) is 19.1 Å². The van der Waals surface area contributed by atoms with Gasteiger partial charge in [-0.15, -0.1) is 12.4 Å². The highest BCUT2D eigenvalue weighted by molar-refractivity contribution is 5.85. The lowest BCUT2D eigenvalue weighted by atomic mass is 10.1. The highest BCUT2D eigenvalue weighted by Gasteiger charge is 2.33. The highest BCUT2D eigenvalue weighted by atomic mass is 35.5. The second-order valence-corrected chi connectivity index (χ2v) is 5.15. The summed E-state index contributed by atoms with van der Waals surface area (Å²) in [6.45, 7) is 5.62. The zero-order valence-electron chi connectivity index (χ0n) is 12.5. The van der Waals surface area contributed by atoms with E-state index in [0.29, 0.717) is 39.3 Å². The number of rotatable bonds is 3. The third-order valence-corrected chi connectivity index (χ3v) is 3.79. The van der Waals surface area contributed by atoms with Gasteiger partial charge < -0.3 is 24.6 Å². The minimum Gasteiger partial charge on any atom is -0.375 e. The van der Waals surface area contributed by atoms with Crippen LogP contribution in [0.3, 0.4) is 0 Å². The fourth-order valence-corrected chi connectivity index (χ4v) is 2.60. The largest absolute Gasteiger partial charge is 0.375 e. The third kappa shape index (κ3) is 4.54. The number of carbonyl (C=O) groups excluding carboxylic acids is 2. The lowest BCUT2D eigenvalue weighted by molar-refractivity contribution is -0.146. The zero-order valence-corrected chi connectivity index (χ0v) is 13.4. The molecule has 21 heavy (non-hydrogen) atoms. The Morgan fingerprint density at radius 1 is 1.24 bits per heavy atom. The molecular weight excluding hydrogens is 298 g/mol. The van der Waals surface area contributed by atoms with Crippen LogP contribution in [0.25, 0.3) is 0 Å². The number of nitrogens with one attached hydrogen (secondary N) is 1. The third-order valence-electron chi connectivity index (χ3n) is 3.79. The van der Waals surface area contributed by atoms with Gasteiger partial charge in [0.2, 0.25) is 11.8 Å². The van der Waals surface area contributed by atoms with Crippen molar-refractivity contribution in [3.63, 3.8) is 0 Å². The molecule has 0 bridgehead atoms. The molecular formula is C13H24ClN3O4. The van der Waals surface area contributed by atoms with E-state index in [1.54, 1.807) is 9.80 Å². The number of ether oxygens (including phenoxy) is 2. The number of nitrogens with zero attached hydrogens (tertiary/aromatic N) is 2. The van der Waals surface area contributed by atoms with Crippen LogP contribution in [0.2, 0.25) is 0 Å². The summed E-state index contributed by atoms with van der Waals surface area (Å²) in [5, 5.41) is 3.20. The summed E-state index contributed by atoms with van der Waals surface area (Å²) in [5.41, 5.74) is 0. The van der Waals surface area contributed by atoms with Crippen molar-refractivity contribution in [3.8, 4) is 0 Å². The first-order chi connectivity index (χ1) is 9.63. The number of morpholine rings is 1. The molecule has 2 aliphatic heterocycles. The Labute approximate surface area is 131 Å². The Balaban J connectivity index is 0.00000220. The van der Waals surface area contributed by atoms with Gasteiger partial charge in [-0.1, -0.05) is 0 Å². The molecule has 0 spiro atoms. The average Bonchev–Trinajstić information content (AvgIpc) is 2.47. The second-order valence-electron chi connectivity index (χ2n) is 5.15. The number of piperazine rings is 1. The first-order valence-electron chi connectivity index (χ1n) is 7.04. The summed E-state index contributed by atoms with van der Waals surface area (Å²) in [6, 6.07) is -0.273. The van der Waals surface area contributed by atoms with Gasteiger partial charge in [0.25, 0.3) is 0 Å². The molecule has 2 amide bonds. The normalized spacial score (nSPS) is 26.2. The molecule has 8 heteroatoms. The molecule has 0 aliphatic carbocycles. The van der Waals surface area contributed by atoms with E-state index in [2.05, 4.69) is 5.32 Å². The van der Waals surface area contributed by atoms with Gasteiger partial charge in [-0.2, -0.15) is 0 Å². The number of hydrogen-bond acceptors (Lipinski definition) is 5. The molecule has 7 nitrogen and oxygen atoms in total. The molecule has 2 aliphatic rings. The lowest BCUT2D eigenvalue weighted by Gasteiger charge is -2.38. The number of halogens is 1. The molecule has 0 aromatic rings. The van der Waals surface area contributed by atoms with Crippen molar-refractivity contribution >= 4 is 24.2 Å². The van der Waals surface area contributed by atoms with Gasteiger partial charge in [0.05, 0.1) is 12.7 Å². The Bertz CT molecular complexity index is 361. The van der Waals surface area contributed by atoms with Gasteiger partial charge in [-0.25, -0.2) is 0 Å². The van der Waals surface area contributed by atoms with Gasteiger partial charge in [-0.3, -0.25) is 9.59 Å². The molecule has 2 rings (SSSR count). The van der Waals surface area contributed by atoms with Crippen LogP contribution >= 0.6 is 12.4 Å². The van der Waals surface area contributed by atoms with Crippen LogP contribution in [0.4, 0.5) is 0 Å². The van der Waals surface area contributed by atoms with Crippen molar-refractivity contribution in [1.29, 1.82) is 0 Å². The Kier molecular flexibility index (Phi) is 7.37. The molecule has 122 valence electrons. The van der Waals surface area contributed by atoms with Crippen molar-refractivity contribution in [2.45, 2.75) is 19.1 Å². The molecule has 0 aromatic carbocycles. The fraction of sp³-hybridized carbons (Fsp3) is 0.846. The van der Waals surface area contributed by atoms with Crippen molar-refractivity contribution in [2.75, 3.05) is 53.0 Å². The quantitative estimate of drug-likeness (QED) is 0.729. The molecule has 2 atom stereocenters. The zero-order chi connectivity index (χ0) is 14.5. The first kappa shape index (κ1) is 18.2. The van der Waals surface area contributed by atoms with Crippen molar-refractivity contribution in [2.24, 2.45) is 0 Å². The summed E-state index contributed by atoms with van der Waals surface area (Å²) in [7, 11) is 1.51. The van der Waals surface area contributed by atoms with Crippen LogP contribution in [0.5, 0.6) is 0 Å². The second kappa shape index (κ2) is 8.53. The van der Waals surface area contributed by atoms with E-state index in [-0.39, 0.29) is 43.0 Å². The first-order valence-corrected chi connectivity index (χ1v) is 7.04. The molecule has 1 N–H and O–H groups in total. The summed E-state index contributed by atoms with van der Waals surface area (Å²) in [4.78, 5) is 27.7. The van der Waals surface area contributed by atoms with E-state index in [1.807, 2.05) is 6.92 Å². The van der Waals surface area contributed by atoms with E-state index in [4.69, 9.17) is 9.47 Å². The fourth-order valence-electron chi connectivity index (χ4n) is 2.60.